The predicted octanol–water partition coefficient (Wildman–Crippen LogP) is 3.21. The summed E-state index contributed by atoms with van der Waals surface area (Å²) in [5, 5.41) is 2.70. The topological polar surface area (TPSA) is 126 Å². The number of hydrogen-bond acceptors (Lipinski definition) is 7. The number of ether oxygens (including phenoxy) is 2. The molecule has 11 nitrogen and oxygen atoms in total. The molecule has 0 spiro atoms. The minimum Gasteiger partial charge on any atom is -0.469 e. The summed E-state index contributed by atoms with van der Waals surface area (Å²) in [6, 6.07) is -0.0915. The molecule has 1 N–H and O–H groups in total. The Labute approximate surface area is 245 Å². The van der Waals surface area contributed by atoms with Gasteiger partial charge in [-0.05, 0) is 18.8 Å². The number of urea groups is 1. The molecular formula is C30H52N4O7. The first kappa shape index (κ1) is 34.4. The number of methoxy groups -OCH3 is 1. The fourth-order valence-electron chi connectivity index (χ4n) is 5.43. The lowest BCUT2D eigenvalue weighted by molar-refractivity contribution is -0.148. The molecule has 3 unspecified atom stereocenters. The SMILES string of the molecule is CCCCCCOC(=O)C1CC(=O)N(CC(CC)CCCC)C1.COC(=O)C1CC(=O)N(CCN2CCNC2=O)C1. The van der Waals surface area contributed by atoms with Crippen molar-refractivity contribution in [3.63, 3.8) is 0 Å². The highest BCUT2D eigenvalue weighted by Crippen LogP contribution is 2.23. The fourth-order valence-corrected chi connectivity index (χ4v) is 5.43. The Balaban J connectivity index is 0.000000295. The number of amides is 4. The number of rotatable bonds is 16. The van der Waals surface area contributed by atoms with Crippen LogP contribution in [0.15, 0.2) is 0 Å². The lowest BCUT2D eigenvalue weighted by Crippen LogP contribution is -2.38. The zero-order valence-electron chi connectivity index (χ0n) is 25.7. The van der Waals surface area contributed by atoms with E-state index in [1.807, 2.05) is 4.90 Å². The standard InChI is InChI=1S/C19H35NO3.C11H17N3O4/c1-4-7-9-10-12-23-19(22)17-13-18(21)20(15-17)14-16(6-3)11-8-5-2;1-18-10(16)8-6-9(15)14(7-8)5-4-13-3-2-12-11(13)17/h16-17H,4-15H2,1-3H3;8H,2-7H2,1H3,(H,12,17). The highest BCUT2D eigenvalue weighted by molar-refractivity contribution is 5.87. The molecule has 0 radical (unpaired) electrons. The molecule has 0 aromatic rings. The zero-order valence-corrected chi connectivity index (χ0v) is 25.7. The Hall–Kier alpha value is -2.85. The third-order valence-corrected chi connectivity index (χ3v) is 8.15. The smallest absolute Gasteiger partial charge is 0.317 e. The minimum atomic E-state index is -0.366. The number of esters is 2. The average Bonchev–Trinajstić information content (AvgIpc) is 3.67. The predicted molar refractivity (Wildman–Crippen MR) is 155 cm³/mol. The van der Waals surface area contributed by atoms with Gasteiger partial charge in [-0.25, -0.2) is 4.79 Å². The van der Waals surface area contributed by atoms with Crippen molar-refractivity contribution in [2.24, 2.45) is 17.8 Å². The Kier molecular flexibility index (Phi) is 15.5. The first-order valence-corrected chi connectivity index (χ1v) is 15.6. The molecule has 4 amide bonds. The highest BCUT2D eigenvalue weighted by atomic mass is 16.5. The molecule has 3 fully saturated rings. The van der Waals surface area contributed by atoms with Gasteiger partial charge in [-0.2, -0.15) is 0 Å². The van der Waals surface area contributed by atoms with Crippen molar-refractivity contribution < 1.29 is 33.4 Å². The molecule has 0 aromatic heterocycles. The molecule has 3 atom stereocenters. The van der Waals surface area contributed by atoms with Crippen LogP contribution in [0.25, 0.3) is 0 Å². The first-order valence-electron chi connectivity index (χ1n) is 15.6. The van der Waals surface area contributed by atoms with E-state index >= 15 is 0 Å². The Morgan fingerprint density at radius 1 is 0.854 bits per heavy atom. The normalized spacial score (nSPS) is 21.1. The largest absolute Gasteiger partial charge is 0.469 e. The molecule has 0 aliphatic carbocycles. The van der Waals surface area contributed by atoms with E-state index in [1.54, 1.807) is 9.80 Å². The van der Waals surface area contributed by atoms with Gasteiger partial charge >= 0.3 is 18.0 Å². The van der Waals surface area contributed by atoms with Gasteiger partial charge in [0, 0.05) is 58.7 Å². The van der Waals surface area contributed by atoms with Crippen LogP contribution in [0, 0.1) is 17.8 Å². The summed E-state index contributed by atoms with van der Waals surface area (Å²) in [5.41, 5.74) is 0. The Morgan fingerprint density at radius 3 is 2.10 bits per heavy atom. The van der Waals surface area contributed by atoms with Gasteiger partial charge < -0.3 is 29.5 Å². The molecular weight excluding hydrogens is 528 g/mol. The lowest BCUT2D eigenvalue weighted by atomic mass is 9.99. The maximum atomic E-state index is 12.1. The quantitative estimate of drug-likeness (QED) is 0.220. The van der Waals surface area contributed by atoms with Crippen LogP contribution in [-0.2, 0) is 28.7 Å². The summed E-state index contributed by atoms with van der Waals surface area (Å²) in [7, 11) is 1.32. The van der Waals surface area contributed by atoms with Gasteiger partial charge in [-0.15, -0.1) is 0 Å². The van der Waals surface area contributed by atoms with Gasteiger partial charge in [0.05, 0.1) is 25.6 Å². The molecule has 0 saturated carbocycles. The first-order chi connectivity index (χ1) is 19.7. The van der Waals surface area contributed by atoms with Crippen LogP contribution in [0.4, 0.5) is 4.79 Å². The van der Waals surface area contributed by atoms with Crippen LogP contribution >= 0.6 is 0 Å². The second-order valence-corrected chi connectivity index (χ2v) is 11.3. The minimum absolute atomic E-state index is 0.0509. The van der Waals surface area contributed by atoms with Crippen molar-refractivity contribution in [2.75, 3.05) is 59.5 Å². The van der Waals surface area contributed by atoms with E-state index in [1.165, 1.54) is 39.2 Å². The zero-order chi connectivity index (χ0) is 30.2. The van der Waals surface area contributed by atoms with Crippen molar-refractivity contribution in [1.29, 1.82) is 0 Å². The molecule has 3 rings (SSSR count). The van der Waals surface area contributed by atoms with Gasteiger partial charge in [-0.3, -0.25) is 19.2 Å². The molecule has 0 bridgehead atoms. The highest BCUT2D eigenvalue weighted by Gasteiger charge is 2.36. The van der Waals surface area contributed by atoms with Gasteiger partial charge in [0.1, 0.15) is 0 Å². The van der Waals surface area contributed by atoms with E-state index < -0.39 is 0 Å². The molecule has 41 heavy (non-hydrogen) atoms. The van der Waals surface area contributed by atoms with E-state index in [4.69, 9.17) is 4.74 Å². The molecule has 11 heteroatoms. The van der Waals surface area contributed by atoms with Crippen molar-refractivity contribution in [3.8, 4) is 0 Å². The van der Waals surface area contributed by atoms with Gasteiger partial charge in [0.15, 0.2) is 0 Å². The molecule has 3 heterocycles. The summed E-state index contributed by atoms with van der Waals surface area (Å²) in [6.07, 6.45) is 9.60. The van der Waals surface area contributed by atoms with Crippen LogP contribution in [0.5, 0.6) is 0 Å². The Bertz CT molecular complexity index is 868. The number of unbranched alkanes of at least 4 members (excludes halogenated alkanes) is 4. The fraction of sp³-hybridized carbons (Fsp3) is 0.833. The second-order valence-electron chi connectivity index (χ2n) is 11.3. The number of carbonyl (C=O) groups excluding carboxylic acids is 5. The molecule has 3 aliphatic rings. The molecule has 3 aliphatic heterocycles. The Morgan fingerprint density at radius 2 is 1.49 bits per heavy atom. The van der Waals surface area contributed by atoms with E-state index in [0.29, 0.717) is 58.2 Å². The summed E-state index contributed by atoms with van der Waals surface area (Å²) in [6.45, 7) is 11.1. The van der Waals surface area contributed by atoms with Gasteiger partial charge in [-0.1, -0.05) is 59.3 Å². The average molecular weight is 581 g/mol. The van der Waals surface area contributed by atoms with Crippen LogP contribution < -0.4 is 5.32 Å². The number of carbonyl (C=O) groups is 5. The monoisotopic (exact) mass is 580 g/mol. The third-order valence-electron chi connectivity index (χ3n) is 8.15. The summed E-state index contributed by atoms with van der Waals surface area (Å²) in [4.78, 5) is 63.8. The molecule has 3 saturated heterocycles. The van der Waals surface area contributed by atoms with E-state index in [2.05, 4.69) is 30.8 Å². The van der Waals surface area contributed by atoms with E-state index in [-0.39, 0.29) is 48.0 Å². The van der Waals surface area contributed by atoms with Crippen LogP contribution in [0.1, 0.15) is 85.0 Å². The van der Waals surface area contributed by atoms with Gasteiger partial charge in [0.2, 0.25) is 11.8 Å². The summed E-state index contributed by atoms with van der Waals surface area (Å²) in [5.74, 6) is -0.517. The van der Waals surface area contributed by atoms with Gasteiger partial charge in [0.25, 0.3) is 0 Å². The molecule has 234 valence electrons. The maximum absolute atomic E-state index is 12.1. The van der Waals surface area contributed by atoms with E-state index in [9.17, 15) is 24.0 Å². The van der Waals surface area contributed by atoms with Crippen molar-refractivity contribution >= 4 is 29.8 Å². The lowest BCUT2D eigenvalue weighted by Gasteiger charge is -2.23. The number of nitrogens with zero attached hydrogens (tertiary/aromatic N) is 3. The van der Waals surface area contributed by atoms with Crippen molar-refractivity contribution in [2.45, 2.75) is 85.0 Å². The van der Waals surface area contributed by atoms with Crippen LogP contribution in [0.2, 0.25) is 0 Å². The van der Waals surface area contributed by atoms with E-state index in [0.717, 1.165) is 25.8 Å². The van der Waals surface area contributed by atoms with Crippen molar-refractivity contribution in [1.82, 2.24) is 20.0 Å². The maximum Gasteiger partial charge on any atom is 0.317 e. The van der Waals surface area contributed by atoms with Crippen molar-refractivity contribution in [3.05, 3.63) is 0 Å². The number of nitrogens with one attached hydrogen (secondary N) is 1. The third kappa shape index (κ3) is 11.5. The summed E-state index contributed by atoms with van der Waals surface area (Å²) < 4.78 is 9.98. The number of hydrogen-bond donors (Lipinski definition) is 1. The molecule has 0 aromatic carbocycles. The van der Waals surface area contributed by atoms with Crippen LogP contribution in [-0.4, -0.2) is 104 Å². The van der Waals surface area contributed by atoms with Crippen LogP contribution in [0.3, 0.4) is 0 Å². The number of likely N-dealkylation sites (tertiary alicyclic amines) is 2. The summed E-state index contributed by atoms with van der Waals surface area (Å²) >= 11 is 0. The second kappa shape index (κ2) is 18.6.